The van der Waals surface area contributed by atoms with Gasteiger partial charge in [0.1, 0.15) is 11.8 Å². The zero-order valence-corrected chi connectivity index (χ0v) is 15.6. The topological polar surface area (TPSA) is 97.6 Å². The van der Waals surface area contributed by atoms with Gasteiger partial charge in [0.2, 0.25) is 5.89 Å². The molecule has 0 saturated carbocycles. The number of nitrogens with zero attached hydrogens (tertiary/aromatic N) is 5. The fourth-order valence-electron chi connectivity index (χ4n) is 4.88. The van der Waals surface area contributed by atoms with E-state index < -0.39 is 10.8 Å². The average molecular weight is 351 g/mol. The van der Waals surface area contributed by atoms with Crippen LogP contribution in [-0.4, -0.2) is 25.8 Å². The van der Waals surface area contributed by atoms with Gasteiger partial charge in [-0.15, -0.1) is 10.2 Å². The van der Waals surface area contributed by atoms with Gasteiger partial charge < -0.3 is 4.42 Å². The summed E-state index contributed by atoms with van der Waals surface area (Å²) in [5.41, 5.74) is 1.92. The normalized spacial score (nSPS) is 26.7. The van der Waals surface area contributed by atoms with Gasteiger partial charge in [0.15, 0.2) is 5.78 Å². The Kier molecular flexibility index (Phi) is 3.30. The summed E-state index contributed by atoms with van der Waals surface area (Å²) in [6.45, 7) is 7.72. The van der Waals surface area contributed by atoms with Crippen molar-refractivity contribution < 1.29 is 9.21 Å². The highest BCUT2D eigenvalue weighted by molar-refractivity contribution is 6.04. The Balaban J connectivity index is 1.96. The first-order valence-corrected chi connectivity index (χ1v) is 8.74. The Labute approximate surface area is 151 Å². The van der Waals surface area contributed by atoms with Gasteiger partial charge in [-0.1, -0.05) is 26.8 Å². The summed E-state index contributed by atoms with van der Waals surface area (Å²) in [4.78, 5) is 12.7. The second kappa shape index (κ2) is 5.13. The second-order valence-corrected chi connectivity index (χ2v) is 8.02. The second-order valence-electron chi connectivity index (χ2n) is 8.02. The fourth-order valence-corrected chi connectivity index (χ4v) is 4.88. The number of hydrogen-bond acceptors (Lipinski definition) is 6. The van der Waals surface area contributed by atoms with Crippen LogP contribution in [0.2, 0.25) is 0 Å². The minimum atomic E-state index is -0.606. The van der Waals surface area contributed by atoms with Gasteiger partial charge in [0.05, 0.1) is 11.3 Å². The number of carbonyl (C=O) groups is 1. The Bertz CT molecular complexity index is 1000. The Morgan fingerprint density at radius 2 is 2.08 bits per heavy atom. The molecule has 2 aliphatic rings. The standard InChI is InChI=1S/C19H21N5O2/c1-10-21-22-17(26-10)14-12-6-7-13-18(2,3)16(25)11(9-20)8-19(13,4)15(12)23-24(14)5/h8,13H,6-7H2,1-5H3/t13?,19-/m0/s1. The molecule has 0 N–H and O–H groups in total. The van der Waals surface area contributed by atoms with E-state index in [2.05, 4.69) is 23.2 Å². The zero-order valence-electron chi connectivity index (χ0n) is 15.6. The van der Waals surface area contributed by atoms with Crippen LogP contribution in [-0.2, 0) is 23.7 Å². The molecule has 2 atom stereocenters. The molecule has 2 aromatic rings. The number of aryl methyl sites for hydroxylation is 2. The van der Waals surface area contributed by atoms with Crippen LogP contribution in [0.3, 0.4) is 0 Å². The summed E-state index contributed by atoms with van der Waals surface area (Å²) in [7, 11) is 1.86. The third kappa shape index (κ3) is 1.99. The molecular formula is C19H21N5O2. The van der Waals surface area contributed by atoms with E-state index in [0.29, 0.717) is 11.8 Å². The van der Waals surface area contributed by atoms with Crippen LogP contribution in [0.5, 0.6) is 0 Å². The van der Waals surface area contributed by atoms with Gasteiger partial charge in [-0.2, -0.15) is 10.4 Å². The number of carbonyl (C=O) groups excluding carboxylic acids is 1. The van der Waals surface area contributed by atoms with E-state index in [1.165, 1.54) is 0 Å². The predicted molar refractivity (Wildman–Crippen MR) is 92.9 cm³/mol. The summed E-state index contributed by atoms with van der Waals surface area (Å²) in [6, 6.07) is 2.09. The van der Waals surface area contributed by atoms with Crippen LogP contribution in [0.15, 0.2) is 16.1 Å². The maximum absolute atomic E-state index is 12.7. The number of Topliss-reactive ketones (excluding diaryl/α,β-unsaturated/α-hetero) is 1. The number of nitriles is 1. The lowest BCUT2D eigenvalue weighted by atomic mass is 9.52. The average Bonchev–Trinajstić information content (AvgIpc) is 3.14. The molecule has 26 heavy (non-hydrogen) atoms. The quantitative estimate of drug-likeness (QED) is 0.783. The number of aromatic nitrogens is 4. The molecule has 4 rings (SSSR count). The van der Waals surface area contributed by atoms with Gasteiger partial charge in [0, 0.05) is 30.4 Å². The van der Waals surface area contributed by atoms with E-state index in [4.69, 9.17) is 9.52 Å². The van der Waals surface area contributed by atoms with Crippen LogP contribution >= 0.6 is 0 Å². The van der Waals surface area contributed by atoms with Crippen LogP contribution in [0.1, 0.15) is 44.3 Å². The maximum Gasteiger partial charge on any atom is 0.266 e. The molecule has 2 aromatic heterocycles. The first-order chi connectivity index (χ1) is 12.2. The van der Waals surface area contributed by atoms with Crippen molar-refractivity contribution in [2.24, 2.45) is 18.4 Å². The van der Waals surface area contributed by atoms with E-state index in [1.807, 2.05) is 27.0 Å². The summed E-state index contributed by atoms with van der Waals surface area (Å²) >= 11 is 0. The molecule has 0 fully saturated rings. The minimum absolute atomic E-state index is 0.0744. The van der Waals surface area contributed by atoms with E-state index in [1.54, 1.807) is 11.6 Å². The highest BCUT2D eigenvalue weighted by Gasteiger charge is 2.55. The number of ketones is 1. The summed E-state index contributed by atoms with van der Waals surface area (Å²) in [6.07, 6.45) is 3.44. The van der Waals surface area contributed by atoms with E-state index in [9.17, 15) is 10.1 Å². The maximum atomic E-state index is 12.7. The molecule has 2 heterocycles. The number of fused-ring (bicyclic) bond motifs is 3. The van der Waals surface area contributed by atoms with Crippen LogP contribution in [0, 0.1) is 29.6 Å². The molecule has 7 heteroatoms. The predicted octanol–water partition coefficient (Wildman–Crippen LogP) is 2.66. The molecular weight excluding hydrogens is 330 g/mol. The Hall–Kier alpha value is -2.75. The fraction of sp³-hybridized carbons (Fsp3) is 0.526. The van der Waals surface area contributed by atoms with Crippen molar-refractivity contribution in [2.45, 2.75) is 46.0 Å². The molecule has 7 nitrogen and oxygen atoms in total. The monoisotopic (exact) mass is 351 g/mol. The lowest BCUT2D eigenvalue weighted by molar-refractivity contribution is -0.128. The van der Waals surface area contributed by atoms with Gasteiger partial charge in [-0.05, 0) is 18.8 Å². The number of allylic oxidation sites excluding steroid dienone is 2. The third-order valence-electron chi connectivity index (χ3n) is 6.06. The van der Waals surface area contributed by atoms with Crippen molar-refractivity contribution in [1.82, 2.24) is 20.0 Å². The molecule has 0 spiro atoms. The van der Waals surface area contributed by atoms with E-state index in [0.717, 1.165) is 29.8 Å². The van der Waals surface area contributed by atoms with Gasteiger partial charge in [-0.3, -0.25) is 9.48 Å². The summed E-state index contributed by atoms with van der Waals surface area (Å²) < 4.78 is 7.41. The minimum Gasteiger partial charge on any atom is -0.420 e. The highest BCUT2D eigenvalue weighted by Crippen LogP contribution is 2.55. The highest BCUT2D eigenvalue weighted by atomic mass is 16.4. The lowest BCUT2D eigenvalue weighted by Gasteiger charge is -2.49. The first-order valence-electron chi connectivity index (χ1n) is 8.74. The molecule has 0 radical (unpaired) electrons. The molecule has 0 aliphatic heterocycles. The summed E-state index contributed by atoms with van der Waals surface area (Å²) in [5, 5.41) is 22.4. The van der Waals surface area contributed by atoms with Gasteiger partial charge in [0.25, 0.3) is 5.89 Å². The summed E-state index contributed by atoms with van der Waals surface area (Å²) in [5.74, 6) is 0.969. The molecule has 134 valence electrons. The largest absolute Gasteiger partial charge is 0.420 e. The van der Waals surface area contributed by atoms with Crippen LogP contribution < -0.4 is 0 Å². The van der Waals surface area contributed by atoms with Crippen molar-refractivity contribution in [1.29, 1.82) is 5.26 Å². The number of rotatable bonds is 1. The van der Waals surface area contributed by atoms with Gasteiger partial charge in [-0.25, -0.2) is 0 Å². The molecule has 0 saturated heterocycles. The van der Waals surface area contributed by atoms with E-state index >= 15 is 0 Å². The van der Waals surface area contributed by atoms with Crippen molar-refractivity contribution in [3.8, 4) is 17.7 Å². The molecule has 1 unspecified atom stereocenters. The van der Waals surface area contributed by atoms with Crippen molar-refractivity contribution in [3.05, 3.63) is 28.8 Å². The molecule has 2 aliphatic carbocycles. The van der Waals surface area contributed by atoms with Crippen molar-refractivity contribution in [3.63, 3.8) is 0 Å². The van der Waals surface area contributed by atoms with Crippen molar-refractivity contribution in [2.75, 3.05) is 0 Å². The third-order valence-corrected chi connectivity index (χ3v) is 6.06. The number of hydrogen-bond donors (Lipinski definition) is 0. The molecule has 0 aromatic carbocycles. The zero-order chi connectivity index (χ0) is 18.9. The molecule has 0 amide bonds. The van der Waals surface area contributed by atoms with Crippen LogP contribution in [0.25, 0.3) is 11.6 Å². The first kappa shape index (κ1) is 16.7. The smallest absolute Gasteiger partial charge is 0.266 e. The van der Waals surface area contributed by atoms with Crippen LogP contribution in [0.4, 0.5) is 0 Å². The molecule has 0 bridgehead atoms. The SMILES string of the molecule is Cc1nnc(-c2c3c(nn2C)[C@@]2(C)C=C(C#N)C(=O)C(C)(C)C2CC3)o1. The lowest BCUT2D eigenvalue weighted by Crippen LogP contribution is -2.51. The van der Waals surface area contributed by atoms with Crippen molar-refractivity contribution >= 4 is 5.78 Å². The Morgan fingerprint density at radius 3 is 2.69 bits per heavy atom. The Morgan fingerprint density at radius 1 is 1.35 bits per heavy atom. The van der Waals surface area contributed by atoms with E-state index in [-0.39, 0.29) is 17.3 Å². The van der Waals surface area contributed by atoms with Gasteiger partial charge >= 0.3 is 0 Å².